The van der Waals surface area contributed by atoms with E-state index in [0.717, 1.165) is 28.0 Å². The Balaban J connectivity index is 2.15. The van der Waals surface area contributed by atoms with E-state index in [-0.39, 0.29) is 0 Å². The molecule has 1 nitrogen and oxygen atoms in total. The molecule has 1 aromatic carbocycles. The molecule has 0 amide bonds. The van der Waals surface area contributed by atoms with E-state index in [2.05, 4.69) is 12.2 Å². The molecular formula is C12H15Cl2NS. The maximum absolute atomic E-state index is 6.18. The zero-order valence-electron chi connectivity index (χ0n) is 9.22. The van der Waals surface area contributed by atoms with E-state index in [0.29, 0.717) is 4.75 Å². The molecule has 1 heterocycles. The highest BCUT2D eigenvalue weighted by Gasteiger charge is 2.37. The van der Waals surface area contributed by atoms with Crippen molar-refractivity contribution in [3.05, 3.63) is 28.2 Å². The van der Waals surface area contributed by atoms with Crippen molar-refractivity contribution in [1.29, 1.82) is 0 Å². The van der Waals surface area contributed by atoms with Gasteiger partial charge in [0, 0.05) is 27.8 Å². The first-order valence-electron chi connectivity index (χ1n) is 5.50. The van der Waals surface area contributed by atoms with E-state index in [1.165, 1.54) is 12.8 Å². The van der Waals surface area contributed by atoms with Gasteiger partial charge in [-0.15, -0.1) is 11.8 Å². The second kappa shape index (κ2) is 5.18. The first kappa shape index (κ1) is 12.6. The average Bonchev–Trinajstić information content (AvgIpc) is 2.20. The predicted octanol–water partition coefficient (Wildman–Crippen LogP) is 4.23. The fourth-order valence-electron chi connectivity index (χ4n) is 1.95. The molecule has 1 aliphatic rings. The van der Waals surface area contributed by atoms with Gasteiger partial charge in [-0.2, -0.15) is 0 Å². The summed E-state index contributed by atoms with van der Waals surface area (Å²) in [5.74, 6) is 0. The standard InChI is InChI=1S/C12H15Cl2NS/c1-2-5-12(7-15-8-12)16-11-6-9(13)3-4-10(11)14/h3-4,6,15H,2,5,7-8H2,1H3. The van der Waals surface area contributed by atoms with Crippen LogP contribution in [0.25, 0.3) is 0 Å². The Morgan fingerprint density at radius 1 is 1.38 bits per heavy atom. The Bertz CT molecular complexity index is 377. The highest BCUT2D eigenvalue weighted by atomic mass is 35.5. The van der Waals surface area contributed by atoms with Gasteiger partial charge in [-0.1, -0.05) is 36.5 Å². The molecular weight excluding hydrogens is 261 g/mol. The van der Waals surface area contributed by atoms with Gasteiger partial charge in [-0.05, 0) is 24.6 Å². The molecule has 1 saturated heterocycles. The molecule has 0 radical (unpaired) electrons. The lowest BCUT2D eigenvalue weighted by Gasteiger charge is -2.42. The molecule has 0 atom stereocenters. The van der Waals surface area contributed by atoms with Crippen LogP contribution in [0.2, 0.25) is 10.0 Å². The van der Waals surface area contributed by atoms with Crippen molar-refractivity contribution in [2.45, 2.75) is 29.4 Å². The predicted molar refractivity (Wildman–Crippen MR) is 72.8 cm³/mol. The van der Waals surface area contributed by atoms with Crippen molar-refractivity contribution in [3.8, 4) is 0 Å². The van der Waals surface area contributed by atoms with Crippen LogP contribution < -0.4 is 5.32 Å². The maximum Gasteiger partial charge on any atom is 0.0543 e. The van der Waals surface area contributed by atoms with Gasteiger partial charge >= 0.3 is 0 Å². The van der Waals surface area contributed by atoms with Crippen molar-refractivity contribution in [2.24, 2.45) is 0 Å². The Morgan fingerprint density at radius 3 is 2.69 bits per heavy atom. The number of rotatable bonds is 4. The van der Waals surface area contributed by atoms with E-state index in [1.54, 1.807) is 0 Å². The molecule has 0 aliphatic carbocycles. The van der Waals surface area contributed by atoms with Crippen molar-refractivity contribution in [1.82, 2.24) is 5.32 Å². The topological polar surface area (TPSA) is 12.0 Å². The smallest absolute Gasteiger partial charge is 0.0543 e. The summed E-state index contributed by atoms with van der Waals surface area (Å²) in [5, 5.41) is 4.90. The number of hydrogen-bond acceptors (Lipinski definition) is 2. The first-order chi connectivity index (χ1) is 7.65. The quantitative estimate of drug-likeness (QED) is 0.883. The van der Waals surface area contributed by atoms with Crippen LogP contribution in [0.5, 0.6) is 0 Å². The lowest BCUT2D eigenvalue weighted by atomic mass is 9.97. The minimum Gasteiger partial charge on any atom is -0.314 e. The molecule has 0 aromatic heterocycles. The minimum absolute atomic E-state index is 0.322. The SMILES string of the molecule is CCCC1(Sc2cc(Cl)ccc2Cl)CNC1. The summed E-state index contributed by atoms with van der Waals surface area (Å²) in [6.45, 7) is 4.35. The van der Waals surface area contributed by atoms with Gasteiger partial charge in [0.1, 0.15) is 0 Å². The molecule has 0 unspecified atom stereocenters. The van der Waals surface area contributed by atoms with E-state index < -0.39 is 0 Å². The number of hydrogen-bond donors (Lipinski definition) is 1. The van der Waals surface area contributed by atoms with E-state index in [4.69, 9.17) is 23.2 Å². The lowest BCUT2D eigenvalue weighted by Crippen LogP contribution is -2.56. The Morgan fingerprint density at radius 2 is 2.12 bits per heavy atom. The van der Waals surface area contributed by atoms with Crippen LogP contribution in [0.3, 0.4) is 0 Å². The van der Waals surface area contributed by atoms with Crippen LogP contribution in [0.4, 0.5) is 0 Å². The van der Waals surface area contributed by atoms with Crippen LogP contribution in [0.15, 0.2) is 23.1 Å². The zero-order valence-corrected chi connectivity index (χ0v) is 11.6. The molecule has 2 rings (SSSR count). The van der Waals surface area contributed by atoms with Crippen molar-refractivity contribution in [2.75, 3.05) is 13.1 Å². The summed E-state index contributed by atoms with van der Waals surface area (Å²) in [7, 11) is 0. The van der Waals surface area contributed by atoms with Crippen LogP contribution in [0, 0.1) is 0 Å². The summed E-state index contributed by atoms with van der Waals surface area (Å²) >= 11 is 14.0. The van der Waals surface area contributed by atoms with Gasteiger partial charge in [0.15, 0.2) is 0 Å². The number of halogens is 2. The van der Waals surface area contributed by atoms with Gasteiger partial charge in [-0.25, -0.2) is 0 Å². The van der Waals surface area contributed by atoms with E-state index >= 15 is 0 Å². The lowest BCUT2D eigenvalue weighted by molar-refractivity contribution is 0.368. The van der Waals surface area contributed by atoms with Crippen molar-refractivity contribution in [3.63, 3.8) is 0 Å². The van der Waals surface area contributed by atoms with E-state index in [1.807, 2.05) is 30.0 Å². The zero-order chi connectivity index (χ0) is 11.6. The van der Waals surface area contributed by atoms with Gasteiger partial charge in [0.25, 0.3) is 0 Å². The molecule has 1 N–H and O–H groups in total. The monoisotopic (exact) mass is 275 g/mol. The summed E-state index contributed by atoms with van der Waals surface area (Å²) in [4.78, 5) is 1.10. The largest absolute Gasteiger partial charge is 0.314 e. The Kier molecular flexibility index (Phi) is 4.06. The summed E-state index contributed by atoms with van der Waals surface area (Å²) in [5.41, 5.74) is 0. The molecule has 0 saturated carbocycles. The van der Waals surface area contributed by atoms with Gasteiger partial charge in [0.05, 0.1) is 5.02 Å². The van der Waals surface area contributed by atoms with Crippen molar-refractivity contribution >= 4 is 35.0 Å². The fraction of sp³-hybridized carbons (Fsp3) is 0.500. The highest BCUT2D eigenvalue weighted by Crippen LogP contribution is 2.43. The number of nitrogens with one attached hydrogen (secondary N) is 1. The molecule has 0 bridgehead atoms. The van der Waals surface area contributed by atoms with Gasteiger partial charge in [0.2, 0.25) is 0 Å². The average molecular weight is 276 g/mol. The van der Waals surface area contributed by atoms with Crippen molar-refractivity contribution < 1.29 is 0 Å². The van der Waals surface area contributed by atoms with Crippen LogP contribution in [-0.2, 0) is 0 Å². The third-order valence-corrected chi connectivity index (χ3v) is 4.98. The second-order valence-electron chi connectivity index (χ2n) is 4.21. The molecule has 4 heteroatoms. The normalized spacial score (nSPS) is 18.2. The first-order valence-corrected chi connectivity index (χ1v) is 7.07. The van der Waals surface area contributed by atoms with Crippen LogP contribution >= 0.6 is 35.0 Å². The summed E-state index contributed by atoms with van der Waals surface area (Å²) < 4.78 is 0.322. The van der Waals surface area contributed by atoms with E-state index in [9.17, 15) is 0 Å². The maximum atomic E-state index is 6.18. The molecule has 1 aliphatic heterocycles. The van der Waals surface area contributed by atoms with Crippen LogP contribution in [0.1, 0.15) is 19.8 Å². The molecule has 1 aromatic rings. The minimum atomic E-state index is 0.322. The third-order valence-electron chi connectivity index (χ3n) is 2.82. The number of benzene rings is 1. The summed E-state index contributed by atoms with van der Waals surface area (Å²) in [6, 6.07) is 5.67. The Labute approximate surface area is 111 Å². The van der Waals surface area contributed by atoms with Crippen LogP contribution in [-0.4, -0.2) is 17.8 Å². The number of thioether (sulfide) groups is 1. The fourth-order valence-corrected chi connectivity index (χ4v) is 3.89. The molecule has 1 fully saturated rings. The third kappa shape index (κ3) is 2.67. The van der Waals surface area contributed by atoms with Gasteiger partial charge in [-0.3, -0.25) is 0 Å². The Hall–Kier alpha value is 0.110. The second-order valence-corrected chi connectivity index (χ2v) is 6.57. The van der Waals surface area contributed by atoms with Gasteiger partial charge < -0.3 is 5.32 Å². The molecule has 88 valence electrons. The highest BCUT2D eigenvalue weighted by molar-refractivity contribution is 8.01. The summed E-state index contributed by atoms with van der Waals surface area (Å²) in [6.07, 6.45) is 2.42. The molecule has 16 heavy (non-hydrogen) atoms. The molecule has 0 spiro atoms.